The fourth-order valence-corrected chi connectivity index (χ4v) is 1.70. The number of hydrogen-bond acceptors (Lipinski definition) is 5. The van der Waals surface area contributed by atoms with Crippen LogP contribution in [0.15, 0.2) is 12.2 Å². The van der Waals surface area contributed by atoms with Crippen molar-refractivity contribution in [2.45, 2.75) is 44.8 Å². The third-order valence-electron chi connectivity index (χ3n) is 2.91. The standard InChI is InChI=1S/C13H20N2O5/c1-2-3-9-19-10(16)5-6-11(17)20-13(7-4-8-13)15-12(14)18/h5-6H,2-4,7-9H2,1H3,(H3,14,15,18). The largest absolute Gasteiger partial charge is 0.463 e. The van der Waals surface area contributed by atoms with Crippen molar-refractivity contribution in [1.82, 2.24) is 5.32 Å². The second-order valence-electron chi connectivity index (χ2n) is 4.61. The normalized spacial score (nSPS) is 16.2. The monoisotopic (exact) mass is 284 g/mol. The highest BCUT2D eigenvalue weighted by Crippen LogP contribution is 2.33. The van der Waals surface area contributed by atoms with Crippen LogP contribution in [0.4, 0.5) is 4.79 Å². The van der Waals surface area contributed by atoms with E-state index in [2.05, 4.69) is 5.32 Å². The van der Waals surface area contributed by atoms with Gasteiger partial charge in [0.25, 0.3) is 0 Å². The third-order valence-corrected chi connectivity index (χ3v) is 2.91. The van der Waals surface area contributed by atoms with Crippen LogP contribution in [0.5, 0.6) is 0 Å². The molecule has 7 nitrogen and oxygen atoms in total. The maximum absolute atomic E-state index is 11.6. The Hall–Kier alpha value is -2.05. The van der Waals surface area contributed by atoms with Crippen LogP contribution in [-0.4, -0.2) is 30.3 Å². The molecule has 1 saturated carbocycles. The Kier molecular flexibility index (Phi) is 6.02. The molecule has 2 amide bonds. The summed E-state index contributed by atoms with van der Waals surface area (Å²) in [4.78, 5) is 33.6. The van der Waals surface area contributed by atoms with E-state index in [0.717, 1.165) is 31.4 Å². The van der Waals surface area contributed by atoms with E-state index in [1.165, 1.54) is 0 Å². The molecule has 0 radical (unpaired) electrons. The maximum Gasteiger partial charge on any atom is 0.333 e. The van der Waals surface area contributed by atoms with E-state index in [1.54, 1.807) is 0 Å². The number of hydrogen-bond donors (Lipinski definition) is 2. The molecule has 0 bridgehead atoms. The molecule has 0 aromatic rings. The van der Waals surface area contributed by atoms with Gasteiger partial charge in [-0.15, -0.1) is 0 Å². The Labute approximate surface area is 117 Å². The Morgan fingerprint density at radius 3 is 2.40 bits per heavy atom. The number of ether oxygens (including phenoxy) is 2. The maximum atomic E-state index is 11.6. The summed E-state index contributed by atoms with van der Waals surface area (Å²) in [5.74, 6) is -1.31. The number of carbonyl (C=O) groups is 3. The van der Waals surface area contributed by atoms with E-state index in [-0.39, 0.29) is 0 Å². The highest BCUT2D eigenvalue weighted by molar-refractivity contribution is 5.92. The first-order chi connectivity index (χ1) is 9.47. The van der Waals surface area contributed by atoms with Gasteiger partial charge in [-0.05, 0) is 12.8 Å². The van der Waals surface area contributed by atoms with Gasteiger partial charge in [0.2, 0.25) is 0 Å². The van der Waals surface area contributed by atoms with E-state index in [9.17, 15) is 14.4 Å². The number of primary amides is 1. The minimum Gasteiger partial charge on any atom is -0.463 e. The molecule has 3 N–H and O–H groups in total. The van der Waals surface area contributed by atoms with Crippen LogP contribution in [0.2, 0.25) is 0 Å². The minimum absolute atomic E-state index is 0.321. The van der Waals surface area contributed by atoms with Gasteiger partial charge in [0.15, 0.2) is 5.72 Å². The van der Waals surface area contributed by atoms with Gasteiger partial charge in [0.1, 0.15) is 0 Å². The van der Waals surface area contributed by atoms with Crippen LogP contribution in [0.3, 0.4) is 0 Å². The molecule has 0 aromatic carbocycles. The van der Waals surface area contributed by atoms with Gasteiger partial charge in [-0.1, -0.05) is 13.3 Å². The van der Waals surface area contributed by atoms with E-state index >= 15 is 0 Å². The summed E-state index contributed by atoms with van der Waals surface area (Å²) in [5, 5.41) is 2.40. The molecular weight excluding hydrogens is 264 g/mol. The molecule has 112 valence electrons. The highest BCUT2D eigenvalue weighted by Gasteiger charge is 2.41. The average Bonchev–Trinajstić information content (AvgIpc) is 2.33. The van der Waals surface area contributed by atoms with Crippen molar-refractivity contribution in [3.8, 4) is 0 Å². The van der Waals surface area contributed by atoms with E-state index in [1.807, 2.05) is 6.92 Å². The predicted octanol–water partition coefficient (Wildman–Crippen LogP) is 0.978. The molecule has 7 heteroatoms. The summed E-state index contributed by atoms with van der Waals surface area (Å²) in [6.07, 6.45) is 5.53. The summed E-state index contributed by atoms with van der Waals surface area (Å²) in [5.41, 5.74) is 3.99. The topological polar surface area (TPSA) is 108 Å². The predicted molar refractivity (Wildman–Crippen MR) is 70.4 cm³/mol. The van der Waals surface area contributed by atoms with Gasteiger partial charge in [-0.2, -0.15) is 0 Å². The summed E-state index contributed by atoms with van der Waals surface area (Å²) in [7, 11) is 0. The second kappa shape index (κ2) is 7.52. The lowest BCUT2D eigenvalue weighted by Gasteiger charge is -2.40. The number of urea groups is 1. The Morgan fingerprint density at radius 2 is 1.90 bits per heavy atom. The van der Waals surface area contributed by atoms with Crippen LogP contribution >= 0.6 is 0 Å². The van der Waals surface area contributed by atoms with Gasteiger partial charge < -0.3 is 20.5 Å². The number of esters is 2. The summed E-state index contributed by atoms with van der Waals surface area (Å²) < 4.78 is 9.96. The van der Waals surface area contributed by atoms with Crippen molar-refractivity contribution in [1.29, 1.82) is 0 Å². The third kappa shape index (κ3) is 5.29. The van der Waals surface area contributed by atoms with Gasteiger partial charge in [-0.3, -0.25) is 0 Å². The fraction of sp³-hybridized carbons (Fsp3) is 0.615. The lowest BCUT2D eigenvalue weighted by Crippen LogP contribution is -2.57. The number of nitrogens with one attached hydrogen (secondary N) is 1. The van der Waals surface area contributed by atoms with Crippen LogP contribution in [-0.2, 0) is 19.1 Å². The Morgan fingerprint density at radius 1 is 1.25 bits per heavy atom. The molecule has 20 heavy (non-hydrogen) atoms. The average molecular weight is 284 g/mol. The molecule has 0 unspecified atom stereocenters. The first kappa shape index (κ1) is 16.0. The smallest absolute Gasteiger partial charge is 0.333 e. The molecule has 0 aliphatic heterocycles. The molecule has 0 heterocycles. The quantitative estimate of drug-likeness (QED) is 0.313. The molecule has 1 aliphatic carbocycles. The SMILES string of the molecule is CCCCOC(=O)C=CC(=O)OC1(NC(N)=O)CCC1. The molecule has 0 spiro atoms. The minimum atomic E-state index is -1.03. The summed E-state index contributed by atoms with van der Waals surface area (Å²) in [6, 6.07) is -0.750. The van der Waals surface area contributed by atoms with Crippen molar-refractivity contribution < 1.29 is 23.9 Å². The summed E-state index contributed by atoms with van der Waals surface area (Å²) in [6.45, 7) is 2.30. The van der Waals surface area contributed by atoms with Crippen molar-refractivity contribution in [3.05, 3.63) is 12.2 Å². The van der Waals surface area contributed by atoms with E-state index < -0.39 is 23.7 Å². The molecule has 1 aliphatic rings. The summed E-state index contributed by atoms with van der Waals surface area (Å²) >= 11 is 0. The zero-order valence-electron chi connectivity index (χ0n) is 11.5. The molecular formula is C13H20N2O5. The van der Waals surface area contributed by atoms with E-state index in [4.69, 9.17) is 15.2 Å². The zero-order valence-corrected chi connectivity index (χ0v) is 11.5. The number of unbranched alkanes of at least 4 members (excludes halogenated alkanes) is 1. The number of nitrogens with two attached hydrogens (primary N) is 1. The van der Waals surface area contributed by atoms with Crippen LogP contribution in [0, 0.1) is 0 Å². The Balaban J connectivity index is 2.38. The molecule has 0 saturated heterocycles. The zero-order chi connectivity index (χ0) is 15.0. The molecule has 0 atom stereocenters. The van der Waals surface area contributed by atoms with Crippen molar-refractivity contribution in [2.24, 2.45) is 5.73 Å². The number of carbonyl (C=O) groups excluding carboxylic acids is 3. The lowest BCUT2D eigenvalue weighted by atomic mass is 9.88. The van der Waals surface area contributed by atoms with Crippen LogP contribution < -0.4 is 11.1 Å². The number of rotatable bonds is 7. The highest BCUT2D eigenvalue weighted by atomic mass is 16.6. The van der Waals surface area contributed by atoms with Gasteiger partial charge in [0, 0.05) is 25.0 Å². The van der Waals surface area contributed by atoms with Crippen molar-refractivity contribution >= 4 is 18.0 Å². The molecule has 1 fully saturated rings. The first-order valence-electron chi connectivity index (χ1n) is 6.63. The Bertz CT molecular complexity index is 402. The fourth-order valence-electron chi connectivity index (χ4n) is 1.70. The van der Waals surface area contributed by atoms with Crippen molar-refractivity contribution in [3.63, 3.8) is 0 Å². The van der Waals surface area contributed by atoms with Crippen LogP contribution in [0.1, 0.15) is 39.0 Å². The molecule has 0 aromatic heterocycles. The van der Waals surface area contributed by atoms with Gasteiger partial charge in [-0.25, -0.2) is 14.4 Å². The number of amides is 2. The molecule has 1 rings (SSSR count). The van der Waals surface area contributed by atoms with Gasteiger partial charge >= 0.3 is 18.0 Å². The second-order valence-corrected chi connectivity index (χ2v) is 4.61. The lowest BCUT2D eigenvalue weighted by molar-refractivity contribution is -0.166. The van der Waals surface area contributed by atoms with Gasteiger partial charge in [0.05, 0.1) is 6.61 Å². The first-order valence-corrected chi connectivity index (χ1v) is 6.63. The van der Waals surface area contributed by atoms with Crippen LogP contribution in [0.25, 0.3) is 0 Å². The van der Waals surface area contributed by atoms with Crippen molar-refractivity contribution in [2.75, 3.05) is 6.61 Å². The van der Waals surface area contributed by atoms with E-state index in [0.29, 0.717) is 19.4 Å².